The molecule has 5 nitrogen and oxygen atoms in total. The Labute approximate surface area is 232 Å². The van der Waals surface area contributed by atoms with Gasteiger partial charge in [0.2, 0.25) is 0 Å². The van der Waals surface area contributed by atoms with Crippen LogP contribution in [0.1, 0.15) is 68.9 Å². The number of phosphoric acid groups is 1. The molecule has 0 aromatic heterocycles. The van der Waals surface area contributed by atoms with Gasteiger partial charge in [-0.1, -0.05) is 136 Å². The third-order valence-corrected chi connectivity index (χ3v) is 6.78. The lowest BCUT2D eigenvalue weighted by molar-refractivity contribution is 0.275. The summed E-state index contributed by atoms with van der Waals surface area (Å²) in [5.41, 5.74) is 6.95. The molecule has 0 fully saturated rings. The van der Waals surface area contributed by atoms with Crippen LogP contribution in [0.3, 0.4) is 0 Å². The molecule has 0 aliphatic carbocycles. The van der Waals surface area contributed by atoms with Crippen molar-refractivity contribution >= 4 is 7.82 Å². The molecule has 0 amide bonds. The molecule has 206 valence electrons. The molecule has 39 heavy (non-hydrogen) atoms. The van der Waals surface area contributed by atoms with Gasteiger partial charge in [-0.15, -0.1) is 0 Å². The van der Waals surface area contributed by atoms with Crippen molar-refractivity contribution in [3.8, 4) is 28.0 Å². The van der Waals surface area contributed by atoms with Crippen LogP contribution in [0.5, 0.6) is 5.75 Å². The van der Waals surface area contributed by atoms with Crippen molar-refractivity contribution in [3.05, 3.63) is 114 Å². The second-order valence-electron chi connectivity index (χ2n) is 9.72. The average Bonchev–Trinajstić information content (AvgIpc) is 2.93. The van der Waals surface area contributed by atoms with E-state index in [1.165, 1.54) is 49.7 Å². The van der Waals surface area contributed by atoms with Crippen LogP contribution in [0.15, 0.2) is 103 Å². The van der Waals surface area contributed by atoms with Crippen LogP contribution in [0.4, 0.5) is 0 Å². The fourth-order valence-corrected chi connectivity index (χ4v) is 4.92. The molecule has 0 saturated carbocycles. The molecule has 4 aromatic rings. The highest BCUT2D eigenvalue weighted by Gasteiger charge is 2.20. The van der Waals surface area contributed by atoms with Crippen molar-refractivity contribution in [2.45, 2.75) is 57.8 Å². The summed E-state index contributed by atoms with van der Waals surface area (Å²) in [5.74, 6) is 0.641. The normalized spacial score (nSPS) is 11.9. The van der Waals surface area contributed by atoms with Gasteiger partial charge in [-0.25, -0.2) is 4.57 Å². The van der Waals surface area contributed by atoms with Crippen molar-refractivity contribution in [2.75, 3.05) is 0 Å². The van der Waals surface area contributed by atoms with E-state index in [4.69, 9.17) is 19.2 Å². The monoisotopic (exact) mass is 546 g/mol. The highest BCUT2D eigenvalue weighted by molar-refractivity contribution is 7.45. The highest BCUT2D eigenvalue weighted by atomic mass is 31.2. The van der Waals surface area contributed by atoms with Crippen molar-refractivity contribution in [1.82, 2.24) is 0 Å². The summed E-state index contributed by atoms with van der Waals surface area (Å²) < 4.78 is 8.88. The number of aromatic hydroxyl groups is 1. The van der Waals surface area contributed by atoms with E-state index in [2.05, 4.69) is 91.9 Å². The lowest BCUT2D eigenvalue weighted by atomic mass is 9.82. The van der Waals surface area contributed by atoms with Crippen LogP contribution in [0.25, 0.3) is 22.3 Å². The van der Waals surface area contributed by atoms with E-state index in [0.29, 0.717) is 11.7 Å². The van der Waals surface area contributed by atoms with E-state index in [1.54, 1.807) is 0 Å². The van der Waals surface area contributed by atoms with Gasteiger partial charge in [-0.3, -0.25) is 0 Å². The second-order valence-corrected chi connectivity index (χ2v) is 10.7. The van der Waals surface area contributed by atoms with Crippen LogP contribution in [-0.2, 0) is 4.57 Å². The zero-order chi connectivity index (χ0) is 28.1. The van der Waals surface area contributed by atoms with Gasteiger partial charge in [-0.2, -0.15) is 0 Å². The molecule has 1 unspecified atom stereocenters. The van der Waals surface area contributed by atoms with E-state index in [9.17, 15) is 5.11 Å². The lowest BCUT2D eigenvalue weighted by Gasteiger charge is -2.22. The first-order chi connectivity index (χ1) is 18.8. The number of benzene rings is 4. The Morgan fingerprint density at radius 1 is 0.641 bits per heavy atom. The summed E-state index contributed by atoms with van der Waals surface area (Å²) in [4.78, 5) is 21.6. The molecule has 1 atom stereocenters. The molecular formula is C33H39O5P. The van der Waals surface area contributed by atoms with Crippen LogP contribution in [0, 0.1) is 0 Å². The summed E-state index contributed by atoms with van der Waals surface area (Å²) in [6, 6.07) is 35.8. The molecular weight excluding hydrogens is 507 g/mol. The maximum absolute atomic E-state index is 10.9. The number of phenols is 1. The second kappa shape index (κ2) is 15.4. The fourth-order valence-electron chi connectivity index (χ4n) is 4.92. The smallest absolute Gasteiger partial charge is 0.466 e. The standard InChI is InChI=1S/C33H36O.H3O4P/c1-2-3-4-5-6-13-20-29(27-18-11-8-12-19-27)30-21-14-15-22-31(30)32-25-28(23-24-33(32)34)26-16-9-7-10-17-26;1-5(2,3)4/h7-12,14-19,21-25,29,34H,2-6,13,20H2,1H3;(H3,1,2,3,4). The van der Waals surface area contributed by atoms with Gasteiger partial charge in [0.25, 0.3) is 0 Å². The number of rotatable bonds is 11. The number of hydrogen-bond acceptors (Lipinski definition) is 2. The molecule has 4 N–H and O–H groups in total. The van der Waals surface area contributed by atoms with Gasteiger partial charge in [0.05, 0.1) is 0 Å². The van der Waals surface area contributed by atoms with Crippen molar-refractivity contribution in [2.24, 2.45) is 0 Å². The summed E-state index contributed by atoms with van der Waals surface area (Å²) in [6.45, 7) is 2.27. The minimum atomic E-state index is -4.64. The van der Waals surface area contributed by atoms with Crippen LogP contribution < -0.4 is 0 Å². The molecule has 0 spiro atoms. The minimum Gasteiger partial charge on any atom is -0.507 e. The molecule has 0 heterocycles. The van der Waals surface area contributed by atoms with Gasteiger partial charge in [0, 0.05) is 11.5 Å². The van der Waals surface area contributed by atoms with Gasteiger partial charge in [0.15, 0.2) is 0 Å². The molecule has 0 radical (unpaired) electrons. The Hall–Kier alpha value is -3.21. The number of hydrogen-bond donors (Lipinski definition) is 4. The number of phenolic OH excluding ortho intramolecular Hbond substituents is 1. The first-order valence-corrected chi connectivity index (χ1v) is 15.2. The molecule has 0 aliphatic heterocycles. The predicted octanol–water partition coefficient (Wildman–Crippen LogP) is 8.68. The van der Waals surface area contributed by atoms with Crippen molar-refractivity contribution < 1.29 is 24.4 Å². The van der Waals surface area contributed by atoms with Crippen molar-refractivity contribution in [3.63, 3.8) is 0 Å². The summed E-state index contributed by atoms with van der Waals surface area (Å²) in [5, 5.41) is 10.9. The fraction of sp³-hybridized carbons (Fsp3) is 0.273. The maximum Gasteiger partial charge on any atom is 0.466 e. The Bertz CT molecular complexity index is 1310. The molecule has 0 saturated heterocycles. The van der Waals surface area contributed by atoms with E-state index in [1.807, 2.05) is 18.2 Å². The lowest BCUT2D eigenvalue weighted by Crippen LogP contribution is -2.04. The summed E-state index contributed by atoms with van der Waals surface area (Å²) in [6.07, 6.45) is 8.88. The summed E-state index contributed by atoms with van der Waals surface area (Å²) in [7, 11) is -4.64. The maximum atomic E-state index is 10.9. The van der Waals surface area contributed by atoms with Crippen LogP contribution in [0.2, 0.25) is 0 Å². The van der Waals surface area contributed by atoms with Gasteiger partial charge in [-0.05, 0) is 46.4 Å². The molecule has 4 rings (SSSR count). The Balaban J connectivity index is 0.000000771. The third kappa shape index (κ3) is 10.1. The zero-order valence-corrected chi connectivity index (χ0v) is 23.4. The zero-order valence-electron chi connectivity index (χ0n) is 22.5. The highest BCUT2D eigenvalue weighted by Crippen LogP contribution is 2.41. The summed E-state index contributed by atoms with van der Waals surface area (Å²) >= 11 is 0. The SMILES string of the molecule is CCCCCCCCC(c1ccccc1)c1ccccc1-c1cc(-c2ccccc2)ccc1O.O=P(O)(O)O. The first-order valence-electron chi connectivity index (χ1n) is 13.6. The first kappa shape index (κ1) is 30.3. The topological polar surface area (TPSA) is 98.0 Å². The van der Waals surface area contributed by atoms with E-state index < -0.39 is 7.82 Å². The quantitative estimate of drug-likeness (QED) is 0.111. The van der Waals surface area contributed by atoms with Gasteiger partial charge < -0.3 is 19.8 Å². The molecule has 6 heteroatoms. The van der Waals surface area contributed by atoms with Crippen LogP contribution >= 0.6 is 7.82 Å². The third-order valence-electron chi connectivity index (χ3n) is 6.78. The van der Waals surface area contributed by atoms with Gasteiger partial charge >= 0.3 is 7.82 Å². The van der Waals surface area contributed by atoms with E-state index in [-0.39, 0.29) is 0 Å². The molecule has 0 aliphatic rings. The Morgan fingerprint density at radius 2 is 1.21 bits per heavy atom. The van der Waals surface area contributed by atoms with Gasteiger partial charge in [0.1, 0.15) is 5.75 Å². The Kier molecular flexibility index (Phi) is 12.0. The molecule has 0 bridgehead atoms. The van der Waals surface area contributed by atoms with E-state index in [0.717, 1.165) is 28.7 Å². The largest absolute Gasteiger partial charge is 0.507 e. The average molecular weight is 547 g/mol. The molecule has 4 aromatic carbocycles. The van der Waals surface area contributed by atoms with Crippen molar-refractivity contribution in [1.29, 1.82) is 0 Å². The van der Waals surface area contributed by atoms with Crippen LogP contribution in [-0.4, -0.2) is 19.8 Å². The Morgan fingerprint density at radius 3 is 1.87 bits per heavy atom. The minimum absolute atomic E-state index is 0.309. The predicted molar refractivity (Wildman–Crippen MR) is 160 cm³/mol. The number of unbranched alkanes of at least 4 members (excludes halogenated alkanes) is 5. The van der Waals surface area contributed by atoms with E-state index >= 15 is 0 Å².